The molecule has 0 aliphatic heterocycles. The number of aryl methyl sites for hydroxylation is 1. The van der Waals surface area contributed by atoms with Gasteiger partial charge in [0.25, 0.3) is 0 Å². The van der Waals surface area contributed by atoms with Crippen molar-refractivity contribution in [2.24, 2.45) is 0 Å². The van der Waals surface area contributed by atoms with Crippen molar-refractivity contribution in [2.45, 2.75) is 32.3 Å². The fraction of sp³-hybridized carbons (Fsp3) is 0.381. The zero-order chi connectivity index (χ0) is 18.8. The molecule has 0 fully saturated rings. The van der Waals surface area contributed by atoms with Gasteiger partial charge in [-0.1, -0.05) is 31.2 Å². The van der Waals surface area contributed by atoms with Crippen LogP contribution in [0.4, 0.5) is 0 Å². The quantitative estimate of drug-likeness (QED) is 0.426. The van der Waals surface area contributed by atoms with Gasteiger partial charge in [-0.25, -0.2) is 0 Å². The van der Waals surface area contributed by atoms with Gasteiger partial charge in [-0.15, -0.1) is 0 Å². The van der Waals surface area contributed by atoms with Crippen LogP contribution in [0.3, 0.4) is 0 Å². The molecule has 3 N–H and O–H groups in total. The van der Waals surface area contributed by atoms with Gasteiger partial charge in [0.2, 0.25) is 0 Å². The number of aliphatic hydroxyl groups is 1. The summed E-state index contributed by atoms with van der Waals surface area (Å²) in [5.41, 5.74) is 1.52. The molecule has 2 rings (SSSR count). The topological polar surface area (TPSA) is 78.8 Å². The van der Waals surface area contributed by atoms with Gasteiger partial charge < -0.3 is 20.3 Å². The predicted octanol–water partition coefficient (Wildman–Crippen LogP) is 2.95. The van der Waals surface area contributed by atoms with Crippen LogP contribution in [0, 0.1) is 0 Å². The van der Waals surface area contributed by atoms with Crippen molar-refractivity contribution in [1.29, 1.82) is 0 Å². The summed E-state index contributed by atoms with van der Waals surface area (Å²) in [6.45, 7) is 3.52. The van der Waals surface area contributed by atoms with Gasteiger partial charge in [0.15, 0.2) is 5.78 Å². The lowest BCUT2D eigenvalue weighted by molar-refractivity contribution is 0.0950. The molecule has 0 bridgehead atoms. The molecule has 0 aliphatic rings. The number of benzene rings is 2. The molecule has 0 radical (unpaired) electrons. The van der Waals surface area contributed by atoms with Gasteiger partial charge in [-0.05, 0) is 49.2 Å². The zero-order valence-electron chi connectivity index (χ0n) is 15.1. The summed E-state index contributed by atoms with van der Waals surface area (Å²) in [5, 5.41) is 22.4. The minimum absolute atomic E-state index is 0.00715. The third kappa shape index (κ3) is 6.50. The number of phenolic OH excluding ortho intramolecular Hbond substituents is 1. The highest BCUT2D eigenvalue weighted by atomic mass is 16.5. The minimum Gasteiger partial charge on any atom is -0.508 e. The normalized spacial score (nSPS) is 11.9. The average Bonchev–Trinajstić information content (AvgIpc) is 2.66. The number of hydrogen-bond acceptors (Lipinski definition) is 5. The first kappa shape index (κ1) is 19.9. The maximum absolute atomic E-state index is 12.6. The number of phenols is 1. The first-order valence-corrected chi connectivity index (χ1v) is 9.02. The van der Waals surface area contributed by atoms with Crippen molar-refractivity contribution < 1.29 is 19.7 Å². The van der Waals surface area contributed by atoms with Crippen molar-refractivity contribution in [3.63, 3.8) is 0 Å². The SMILES string of the molecule is CCCNC[C@H](O)COc1ccccc1C(=O)CCc1ccc(O)cc1. The molecular weight excluding hydrogens is 330 g/mol. The minimum atomic E-state index is -0.623. The molecule has 0 saturated heterocycles. The first-order chi connectivity index (χ1) is 12.6. The molecule has 0 aromatic heterocycles. The molecule has 5 heteroatoms. The van der Waals surface area contributed by atoms with Crippen LogP contribution in [0.25, 0.3) is 0 Å². The van der Waals surface area contributed by atoms with Crippen molar-refractivity contribution in [2.75, 3.05) is 19.7 Å². The first-order valence-electron chi connectivity index (χ1n) is 9.02. The van der Waals surface area contributed by atoms with E-state index in [0.717, 1.165) is 18.5 Å². The molecule has 0 aliphatic carbocycles. The highest BCUT2D eigenvalue weighted by Crippen LogP contribution is 2.21. The lowest BCUT2D eigenvalue weighted by Crippen LogP contribution is -2.32. The largest absolute Gasteiger partial charge is 0.508 e. The van der Waals surface area contributed by atoms with Crippen molar-refractivity contribution in [3.8, 4) is 11.5 Å². The van der Waals surface area contributed by atoms with Gasteiger partial charge in [0.05, 0.1) is 5.56 Å². The third-order valence-electron chi connectivity index (χ3n) is 4.00. The van der Waals surface area contributed by atoms with Crippen LogP contribution < -0.4 is 10.1 Å². The highest BCUT2D eigenvalue weighted by Gasteiger charge is 2.13. The molecule has 5 nitrogen and oxygen atoms in total. The van der Waals surface area contributed by atoms with E-state index >= 15 is 0 Å². The molecule has 0 spiro atoms. The monoisotopic (exact) mass is 357 g/mol. The summed E-state index contributed by atoms with van der Waals surface area (Å²) in [7, 11) is 0. The van der Waals surface area contributed by atoms with E-state index in [-0.39, 0.29) is 18.1 Å². The Kier molecular flexibility index (Phi) is 8.12. The summed E-state index contributed by atoms with van der Waals surface area (Å²) in [5.74, 6) is 0.704. The summed E-state index contributed by atoms with van der Waals surface area (Å²) >= 11 is 0. The summed E-state index contributed by atoms with van der Waals surface area (Å²) < 4.78 is 5.67. The van der Waals surface area contributed by atoms with Gasteiger partial charge in [0, 0.05) is 13.0 Å². The second-order valence-electron chi connectivity index (χ2n) is 6.25. The second-order valence-corrected chi connectivity index (χ2v) is 6.25. The van der Waals surface area contributed by atoms with Crippen LogP contribution in [-0.4, -0.2) is 41.8 Å². The summed E-state index contributed by atoms with van der Waals surface area (Å²) in [6, 6.07) is 14.0. The van der Waals surface area contributed by atoms with E-state index < -0.39 is 6.10 Å². The Bertz CT molecular complexity index is 685. The van der Waals surface area contributed by atoms with Crippen LogP contribution in [-0.2, 0) is 6.42 Å². The average molecular weight is 357 g/mol. The number of carbonyl (C=O) groups excluding carboxylic acids is 1. The lowest BCUT2D eigenvalue weighted by atomic mass is 10.0. The van der Waals surface area contributed by atoms with Crippen LogP contribution in [0.1, 0.15) is 35.7 Å². The fourth-order valence-electron chi connectivity index (χ4n) is 2.57. The molecular formula is C21H27NO4. The van der Waals surface area contributed by atoms with E-state index in [4.69, 9.17) is 4.74 Å². The second kappa shape index (κ2) is 10.6. The van der Waals surface area contributed by atoms with Gasteiger partial charge in [-0.2, -0.15) is 0 Å². The Labute approximate surface area is 154 Å². The molecule has 1 atom stereocenters. The lowest BCUT2D eigenvalue weighted by Gasteiger charge is -2.15. The highest BCUT2D eigenvalue weighted by molar-refractivity contribution is 5.98. The summed E-state index contributed by atoms with van der Waals surface area (Å²) in [6.07, 6.45) is 1.33. The number of hydrogen-bond donors (Lipinski definition) is 3. The number of ether oxygens (including phenoxy) is 1. The number of aliphatic hydroxyl groups excluding tert-OH is 1. The van der Waals surface area contributed by atoms with Crippen molar-refractivity contribution in [3.05, 3.63) is 59.7 Å². The molecule has 2 aromatic rings. The van der Waals surface area contributed by atoms with E-state index in [1.54, 1.807) is 30.3 Å². The Morgan fingerprint density at radius 3 is 2.62 bits per heavy atom. The van der Waals surface area contributed by atoms with Crippen molar-refractivity contribution >= 4 is 5.78 Å². The Balaban J connectivity index is 1.90. The number of carbonyl (C=O) groups is 1. The van der Waals surface area contributed by atoms with Gasteiger partial charge in [0.1, 0.15) is 24.2 Å². The van der Waals surface area contributed by atoms with E-state index in [0.29, 0.717) is 30.7 Å². The maximum Gasteiger partial charge on any atom is 0.166 e. The summed E-state index contributed by atoms with van der Waals surface area (Å²) in [4.78, 5) is 12.6. The number of aromatic hydroxyl groups is 1. The molecule has 0 unspecified atom stereocenters. The molecule has 26 heavy (non-hydrogen) atoms. The molecule has 2 aromatic carbocycles. The number of Topliss-reactive ketones (excluding diaryl/α,β-unsaturated/α-hetero) is 1. The van der Waals surface area contributed by atoms with E-state index in [1.165, 1.54) is 0 Å². The zero-order valence-corrected chi connectivity index (χ0v) is 15.1. The van der Waals surface area contributed by atoms with E-state index in [9.17, 15) is 15.0 Å². The Morgan fingerprint density at radius 2 is 1.88 bits per heavy atom. The van der Waals surface area contributed by atoms with Crippen LogP contribution in [0.15, 0.2) is 48.5 Å². The van der Waals surface area contributed by atoms with E-state index in [2.05, 4.69) is 12.2 Å². The fourth-order valence-corrected chi connectivity index (χ4v) is 2.57. The third-order valence-corrected chi connectivity index (χ3v) is 4.00. The number of para-hydroxylation sites is 1. The van der Waals surface area contributed by atoms with Crippen LogP contribution in [0.2, 0.25) is 0 Å². The molecule has 140 valence electrons. The van der Waals surface area contributed by atoms with Gasteiger partial charge >= 0.3 is 0 Å². The number of rotatable bonds is 11. The standard InChI is InChI=1S/C21H27NO4/c1-2-13-22-14-18(24)15-26-21-6-4-3-5-19(21)20(25)12-9-16-7-10-17(23)11-8-16/h3-8,10-11,18,22-24H,2,9,12-15H2,1H3/t18-/m0/s1. The molecule has 0 saturated carbocycles. The molecule has 0 heterocycles. The van der Waals surface area contributed by atoms with Gasteiger partial charge in [-0.3, -0.25) is 4.79 Å². The van der Waals surface area contributed by atoms with E-state index in [1.807, 2.05) is 18.2 Å². The predicted molar refractivity (Wildman–Crippen MR) is 102 cm³/mol. The molecule has 0 amide bonds. The Hall–Kier alpha value is -2.37. The number of ketones is 1. The van der Waals surface area contributed by atoms with Crippen LogP contribution in [0.5, 0.6) is 11.5 Å². The van der Waals surface area contributed by atoms with Crippen molar-refractivity contribution in [1.82, 2.24) is 5.32 Å². The maximum atomic E-state index is 12.6. The smallest absolute Gasteiger partial charge is 0.166 e. The van der Waals surface area contributed by atoms with Crippen LogP contribution >= 0.6 is 0 Å². The Morgan fingerprint density at radius 1 is 1.15 bits per heavy atom. The number of nitrogens with one attached hydrogen (secondary N) is 1.